The molecule has 0 saturated heterocycles. The highest BCUT2D eigenvalue weighted by Crippen LogP contribution is 2.15. The second-order valence-electron chi connectivity index (χ2n) is 3.50. The number of hydrogen-bond donors (Lipinski definition) is 3. The van der Waals surface area contributed by atoms with Crippen molar-refractivity contribution in [2.24, 2.45) is 5.14 Å². The first-order chi connectivity index (χ1) is 8.15. The fourth-order valence-electron chi connectivity index (χ4n) is 1.18. The van der Waals surface area contributed by atoms with Crippen molar-refractivity contribution in [3.63, 3.8) is 0 Å². The van der Waals surface area contributed by atoms with E-state index in [2.05, 4.69) is 9.82 Å². The normalized spacial score (nSPS) is 12.8. The van der Waals surface area contributed by atoms with E-state index in [1.165, 1.54) is 10.9 Å². The zero-order chi connectivity index (χ0) is 14.0. The molecule has 1 aromatic heterocycles. The molecule has 1 rings (SSSR count). The fraction of sp³-hybridized carbons (Fsp3) is 0.571. The molecule has 0 aliphatic carbocycles. The van der Waals surface area contributed by atoms with Crippen molar-refractivity contribution in [3.8, 4) is 0 Å². The Kier molecular flexibility index (Phi) is 4.32. The summed E-state index contributed by atoms with van der Waals surface area (Å²) < 4.78 is 48.4. The monoisotopic (exact) mass is 297 g/mol. The van der Waals surface area contributed by atoms with Crippen LogP contribution < -0.4 is 15.6 Å². The number of hydrogen-bond acceptors (Lipinski definition) is 6. The Morgan fingerprint density at radius 2 is 2.00 bits per heavy atom. The van der Waals surface area contributed by atoms with Gasteiger partial charge in [-0.2, -0.15) is 5.10 Å². The number of aryl methyl sites for hydroxylation is 1. The van der Waals surface area contributed by atoms with Crippen LogP contribution in [0, 0.1) is 0 Å². The van der Waals surface area contributed by atoms with Crippen molar-refractivity contribution in [1.82, 2.24) is 14.5 Å². The summed E-state index contributed by atoms with van der Waals surface area (Å²) in [6, 6.07) is 0. The topological polar surface area (TPSA) is 150 Å². The third-order valence-electron chi connectivity index (χ3n) is 2.05. The van der Waals surface area contributed by atoms with E-state index >= 15 is 0 Å². The lowest BCUT2D eigenvalue weighted by Gasteiger charge is -2.04. The summed E-state index contributed by atoms with van der Waals surface area (Å²) in [6.07, 6.45) is 1.27. The number of nitrogen functional groups attached to an aromatic ring is 1. The molecule has 0 unspecified atom stereocenters. The quantitative estimate of drug-likeness (QED) is 0.555. The Morgan fingerprint density at radius 1 is 1.39 bits per heavy atom. The standard InChI is InChI=1S/C7H15N5O4S2/c1-2-12-5-6(7(8)11-12)18(15,16)10-3-4-17(9,13)14/h5,10H,2-4H2,1H3,(H2,8,11)(H2,9,13,14). The van der Waals surface area contributed by atoms with Crippen LogP contribution in [0.3, 0.4) is 0 Å². The largest absolute Gasteiger partial charge is 0.381 e. The number of nitrogens with two attached hydrogens (primary N) is 2. The highest BCUT2D eigenvalue weighted by Gasteiger charge is 2.21. The number of anilines is 1. The predicted octanol–water partition coefficient (Wildman–Crippen LogP) is -1.95. The Balaban J connectivity index is 2.83. The van der Waals surface area contributed by atoms with Crippen molar-refractivity contribution in [1.29, 1.82) is 0 Å². The molecule has 0 radical (unpaired) electrons. The molecular formula is C7H15N5O4S2. The molecule has 1 heterocycles. The zero-order valence-electron chi connectivity index (χ0n) is 9.70. The van der Waals surface area contributed by atoms with Gasteiger partial charge in [-0.1, -0.05) is 0 Å². The molecule has 9 nitrogen and oxygen atoms in total. The molecule has 0 saturated carbocycles. The molecule has 0 aliphatic rings. The number of aromatic nitrogens is 2. The first-order valence-corrected chi connectivity index (χ1v) is 8.18. The van der Waals surface area contributed by atoms with Gasteiger partial charge in [-0.3, -0.25) is 4.68 Å². The molecular weight excluding hydrogens is 282 g/mol. The third-order valence-corrected chi connectivity index (χ3v) is 4.30. The SMILES string of the molecule is CCn1cc(S(=O)(=O)NCCS(N)(=O)=O)c(N)n1. The average molecular weight is 297 g/mol. The highest BCUT2D eigenvalue weighted by atomic mass is 32.2. The van der Waals surface area contributed by atoms with Gasteiger partial charge in [-0.05, 0) is 6.92 Å². The molecule has 104 valence electrons. The van der Waals surface area contributed by atoms with Crippen molar-refractivity contribution >= 4 is 25.9 Å². The van der Waals surface area contributed by atoms with E-state index in [-0.39, 0.29) is 17.3 Å². The number of sulfonamides is 2. The summed E-state index contributed by atoms with van der Waals surface area (Å²) in [4.78, 5) is -0.182. The molecule has 18 heavy (non-hydrogen) atoms. The molecule has 0 spiro atoms. The van der Waals surface area contributed by atoms with Gasteiger partial charge in [0.15, 0.2) is 5.82 Å². The molecule has 0 aromatic carbocycles. The Bertz CT molecular complexity index is 618. The summed E-state index contributed by atoms with van der Waals surface area (Å²) in [5.74, 6) is -0.631. The summed E-state index contributed by atoms with van der Waals surface area (Å²) in [5.41, 5.74) is 5.47. The van der Waals surface area contributed by atoms with E-state index in [0.29, 0.717) is 6.54 Å². The van der Waals surface area contributed by atoms with Gasteiger partial charge in [-0.15, -0.1) is 0 Å². The van der Waals surface area contributed by atoms with Crippen LogP contribution in [-0.2, 0) is 26.6 Å². The van der Waals surface area contributed by atoms with Crippen LogP contribution in [0.25, 0.3) is 0 Å². The van der Waals surface area contributed by atoms with E-state index < -0.39 is 25.8 Å². The van der Waals surface area contributed by atoms with Gasteiger partial charge in [0.25, 0.3) is 0 Å². The van der Waals surface area contributed by atoms with Crippen molar-refractivity contribution in [3.05, 3.63) is 6.20 Å². The summed E-state index contributed by atoms with van der Waals surface area (Å²) in [5, 5.41) is 8.54. The minimum Gasteiger partial charge on any atom is -0.381 e. The maximum absolute atomic E-state index is 11.8. The van der Waals surface area contributed by atoms with E-state index in [1.807, 2.05) is 0 Å². The van der Waals surface area contributed by atoms with Gasteiger partial charge in [0.05, 0.1) is 5.75 Å². The van der Waals surface area contributed by atoms with Gasteiger partial charge in [-0.25, -0.2) is 26.7 Å². The lowest BCUT2D eigenvalue weighted by atomic mass is 10.6. The third kappa shape index (κ3) is 3.94. The smallest absolute Gasteiger partial charge is 0.245 e. The van der Waals surface area contributed by atoms with Crippen LogP contribution in [0.5, 0.6) is 0 Å². The Morgan fingerprint density at radius 3 is 2.44 bits per heavy atom. The number of rotatable bonds is 6. The van der Waals surface area contributed by atoms with Gasteiger partial charge in [0.2, 0.25) is 20.0 Å². The van der Waals surface area contributed by atoms with Crippen molar-refractivity contribution in [2.75, 3.05) is 18.0 Å². The van der Waals surface area contributed by atoms with Crippen LogP contribution in [0.2, 0.25) is 0 Å². The number of nitrogens with zero attached hydrogens (tertiary/aromatic N) is 2. The van der Waals surface area contributed by atoms with E-state index in [9.17, 15) is 16.8 Å². The lowest BCUT2D eigenvalue weighted by Crippen LogP contribution is -2.31. The Labute approximate surface area is 105 Å². The number of nitrogens with one attached hydrogen (secondary N) is 1. The van der Waals surface area contributed by atoms with Crippen LogP contribution in [0.15, 0.2) is 11.1 Å². The lowest BCUT2D eigenvalue weighted by molar-refractivity contribution is 0.581. The summed E-state index contributed by atoms with van der Waals surface area (Å²) >= 11 is 0. The molecule has 11 heteroatoms. The maximum atomic E-state index is 11.8. The van der Waals surface area contributed by atoms with Gasteiger partial charge in [0.1, 0.15) is 4.90 Å². The molecule has 0 bridgehead atoms. The summed E-state index contributed by atoms with van der Waals surface area (Å²) in [7, 11) is -7.60. The first-order valence-electron chi connectivity index (χ1n) is 4.99. The molecule has 5 N–H and O–H groups in total. The zero-order valence-corrected chi connectivity index (χ0v) is 11.3. The predicted molar refractivity (Wildman–Crippen MR) is 65.5 cm³/mol. The highest BCUT2D eigenvalue weighted by molar-refractivity contribution is 7.90. The molecule has 0 atom stereocenters. The fourth-order valence-corrected chi connectivity index (χ4v) is 2.80. The van der Waals surface area contributed by atoms with E-state index in [4.69, 9.17) is 10.9 Å². The van der Waals surface area contributed by atoms with Crippen molar-refractivity contribution < 1.29 is 16.8 Å². The number of primary sulfonamides is 1. The maximum Gasteiger partial charge on any atom is 0.245 e. The van der Waals surface area contributed by atoms with Crippen LogP contribution >= 0.6 is 0 Å². The second kappa shape index (κ2) is 5.22. The van der Waals surface area contributed by atoms with Crippen LogP contribution in [-0.4, -0.2) is 38.9 Å². The average Bonchev–Trinajstić information content (AvgIpc) is 2.58. The van der Waals surface area contributed by atoms with Gasteiger partial charge < -0.3 is 5.73 Å². The summed E-state index contributed by atoms with van der Waals surface area (Å²) in [6.45, 7) is 1.92. The molecule has 0 amide bonds. The minimum atomic E-state index is -3.88. The second-order valence-corrected chi connectivity index (χ2v) is 6.97. The Hall–Kier alpha value is -1.17. The van der Waals surface area contributed by atoms with Crippen molar-refractivity contribution in [2.45, 2.75) is 18.4 Å². The van der Waals surface area contributed by atoms with Gasteiger partial charge >= 0.3 is 0 Å². The first kappa shape index (κ1) is 14.9. The van der Waals surface area contributed by atoms with Crippen LogP contribution in [0.4, 0.5) is 5.82 Å². The van der Waals surface area contributed by atoms with Crippen LogP contribution in [0.1, 0.15) is 6.92 Å². The van der Waals surface area contributed by atoms with E-state index in [1.54, 1.807) is 6.92 Å². The van der Waals surface area contributed by atoms with E-state index in [0.717, 1.165) is 0 Å². The van der Waals surface area contributed by atoms with Gasteiger partial charge in [0, 0.05) is 19.3 Å². The minimum absolute atomic E-state index is 0.139. The molecule has 1 aromatic rings. The molecule has 0 aliphatic heterocycles. The molecule has 0 fully saturated rings.